The van der Waals surface area contributed by atoms with Crippen molar-refractivity contribution in [3.8, 4) is 0 Å². The Kier molecular flexibility index (Phi) is 3.54. The number of nitrogens with zero attached hydrogens (tertiary/aromatic N) is 1. The van der Waals surface area contributed by atoms with Crippen LogP contribution in [-0.4, -0.2) is 17.4 Å². The van der Waals surface area contributed by atoms with Crippen LogP contribution in [0, 0.1) is 0 Å². The lowest BCUT2D eigenvalue weighted by Gasteiger charge is -1.91. The predicted molar refractivity (Wildman–Crippen MR) is 39.1 cm³/mol. The highest BCUT2D eigenvalue weighted by molar-refractivity contribution is 6.03. The fourth-order valence-corrected chi connectivity index (χ4v) is 0.669. The largest absolute Gasteiger partial charge is 0.300 e. The number of carbonyl (C=O) groups excluding carboxylic acids is 2. The van der Waals surface area contributed by atoms with Crippen LogP contribution in [-0.2, 0) is 9.59 Å². The van der Waals surface area contributed by atoms with Crippen LogP contribution in [0.2, 0.25) is 0 Å². The Balaban J connectivity index is 3.95. The molecule has 0 saturated carbocycles. The molecule has 0 aliphatic carbocycles. The van der Waals surface area contributed by atoms with E-state index >= 15 is 0 Å². The zero-order valence-electron chi connectivity index (χ0n) is 6.47. The summed E-state index contributed by atoms with van der Waals surface area (Å²) >= 11 is 0. The van der Waals surface area contributed by atoms with E-state index in [1.165, 1.54) is 13.8 Å². The van der Waals surface area contributed by atoms with Gasteiger partial charge in [0.25, 0.3) is 0 Å². The first-order valence-corrected chi connectivity index (χ1v) is 3.06. The Hall–Kier alpha value is -0.990. The number of hydrogen-bond acceptors (Lipinski definition) is 2. The maximum Gasteiger partial charge on any atom is 0.242 e. The Morgan fingerprint density at radius 3 is 2.00 bits per heavy atom. The van der Waals surface area contributed by atoms with Gasteiger partial charge in [0.2, 0.25) is 5.91 Å². The highest BCUT2D eigenvalue weighted by atomic mass is 16.1. The summed E-state index contributed by atoms with van der Waals surface area (Å²) < 4.78 is 0. The van der Waals surface area contributed by atoms with E-state index in [-0.39, 0.29) is 18.1 Å². The predicted octanol–water partition coefficient (Wildman–Crippen LogP) is 0.973. The molecule has 0 atom stereocenters. The zero-order valence-corrected chi connectivity index (χ0v) is 6.47. The van der Waals surface area contributed by atoms with Gasteiger partial charge in [0.15, 0.2) is 0 Å². The summed E-state index contributed by atoms with van der Waals surface area (Å²) in [6.07, 6.45) is 0.277. The summed E-state index contributed by atoms with van der Waals surface area (Å²) in [4.78, 5) is 24.4. The molecule has 0 aliphatic heterocycles. The molecule has 0 unspecified atom stereocenters. The minimum atomic E-state index is -0.251. The van der Waals surface area contributed by atoms with Gasteiger partial charge in [0, 0.05) is 19.1 Å². The van der Waals surface area contributed by atoms with E-state index in [9.17, 15) is 9.59 Å². The third-order valence-corrected chi connectivity index (χ3v) is 0.853. The van der Waals surface area contributed by atoms with Crippen LogP contribution < -0.4 is 0 Å². The lowest BCUT2D eigenvalue weighted by Crippen LogP contribution is -2.01. The maximum absolute atomic E-state index is 10.4. The lowest BCUT2D eigenvalue weighted by atomic mass is 10.2. The summed E-state index contributed by atoms with van der Waals surface area (Å²) in [5.74, 6) is -0.221. The van der Waals surface area contributed by atoms with Gasteiger partial charge in [-0.15, -0.1) is 0 Å². The molecule has 0 aromatic rings. The van der Waals surface area contributed by atoms with Gasteiger partial charge < -0.3 is 0 Å². The van der Waals surface area contributed by atoms with Gasteiger partial charge in [-0.05, 0) is 13.8 Å². The second-order valence-electron chi connectivity index (χ2n) is 2.24. The maximum atomic E-state index is 10.4. The van der Waals surface area contributed by atoms with Gasteiger partial charge in [-0.1, -0.05) is 0 Å². The van der Waals surface area contributed by atoms with Crippen LogP contribution in [0.25, 0.3) is 0 Å². The van der Waals surface area contributed by atoms with E-state index in [0.29, 0.717) is 5.71 Å². The standard InChI is InChI=1S/C7H11NO2/c1-5(4-6(2)9)8-7(3)10/h4H2,1-3H3. The van der Waals surface area contributed by atoms with E-state index in [1.807, 2.05) is 0 Å². The van der Waals surface area contributed by atoms with Crippen molar-refractivity contribution < 1.29 is 9.59 Å². The summed E-state index contributed by atoms with van der Waals surface area (Å²) in [5, 5.41) is 0. The molecule has 0 bridgehead atoms. The second kappa shape index (κ2) is 3.93. The number of hydrogen-bond donors (Lipinski definition) is 0. The van der Waals surface area contributed by atoms with Gasteiger partial charge in [0.05, 0.1) is 0 Å². The highest BCUT2D eigenvalue weighted by Gasteiger charge is 1.96. The van der Waals surface area contributed by atoms with Gasteiger partial charge in [-0.3, -0.25) is 9.59 Å². The first-order chi connectivity index (χ1) is 4.52. The molecular weight excluding hydrogens is 130 g/mol. The highest BCUT2D eigenvalue weighted by Crippen LogP contribution is 1.88. The molecule has 0 saturated heterocycles. The van der Waals surface area contributed by atoms with Crippen molar-refractivity contribution in [2.45, 2.75) is 27.2 Å². The van der Waals surface area contributed by atoms with Crippen molar-refractivity contribution in [1.29, 1.82) is 0 Å². The topological polar surface area (TPSA) is 46.5 Å². The van der Waals surface area contributed by atoms with E-state index in [2.05, 4.69) is 4.99 Å². The third kappa shape index (κ3) is 5.15. The summed E-state index contributed by atoms with van der Waals surface area (Å²) in [7, 11) is 0. The quantitative estimate of drug-likeness (QED) is 0.538. The van der Waals surface area contributed by atoms with Crippen molar-refractivity contribution in [2.75, 3.05) is 0 Å². The molecule has 3 nitrogen and oxygen atoms in total. The fraction of sp³-hybridized carbons (Fsp3) is 0.571. The molecule has 0 radical (unpaired) electrons. The smallest absolute Gasteiger partial charge is 0.242 e. The number of amides is 1. The summed E-state index contributed by atoms with van der Waals surface area (Å²) in [6, 6.07) is 0. The van der Waals surface area contributed by atoms with E-state index < -0.39 is 0 Å². The first kappa shape index (κ1) is 9.01. The van der Waals surface area contributed by atoms with E-state index in [1.54, 1.807) is 6.92 Å². The molecule has 0 spiro atoms. The van der Waals surface area contributed by atoms with Gasteiger partial charge in [-0.2, -0.15) is 0 Å². The van der Waals surface area contributed by atoms with Crippen molar-refractivity contribution in [2.24, 2.45) is 4.99 Å². The zero-order chi connectivity index (χ0) is 8.15. The molecule has 0 heterocycles. The Bertz CT molecular complexity index is 182. The Morgan fingerprint density at radius 2 is 1.70 bits per heavy atom. The summed E-state index contributed by atoms with van der Waals surface area (Å²) in [5.41, 5.74) is 0.583. The number of ketones is 1. The Morgan fingerprint density at radius 1 is 1.20 bits per heavy atom. The number of Topliss-reactive ketones (excluding diaryl/α,β-unsaturated/α-hetero) is 1. The van der Waals surface area contributed by atoms with Gasteiger partial charge in [0.1, 0.15) is 5.78 Å². The fourth-order valence-electron chi connectivity index (χ4n) is 0.669. The van der Waals surface area contributed by atoms with Crippen LogP contribution in [0.1, 0.15) is 27.2 Å². The Labute approximate surface area is 60.1 Å². The van der Waals surface area contributed by atoms with Gasteiger partial charge >= 0.3 is 0 Å². The van der Waals surface area contributed by atoms with Crippen LogP contribution >= 0.6 is 0 Å². The number of rotatable bonds is 2. The molecule has 0 N–H and O–H groups in total. The van der Waals surface area contributed by atoms with E-state index in [0.717, 1.165) is 0 Å². The van der Waals surface area contributed by atoms with Crippen molar-refractivity contribution >= 4 is 17.4 Å². The number of carbonyl (C=O) groups is 2. The third-order valence-electron chi connectivity index (χ3n) is 0.853. The molecule has 10 heavy (non-hydrogen) atoms. The van der Waals surface area contributed by atoms with Crippen LogP contribution in [0.15, 0.2) is 4.99 Å². The van der Waals surface area contributed by atoms with Crippen molar-refractivity contribution in [3.63, 3.8) is 0 Å². The van der Waals surface area contributed by atoms with E-state index in [4.69, 9.17) is 0 Å². The average Bonchev–Trinajstić information content (AvgIpc) is 1.58. The van der Waals surface area contributed by atoms with Crippen LogP contribution in [0.3, 0.4) is 0 Å². The van der Waals surface area contributed by atoms with Crippen LogP contribution in [0.5, 0.6) is 0 Å². The molecule has 56 valence electrons. The minimum Gasteiger partial charge on any atom is -0.300 e. The molecule has 1 amide bonds. The van der Waals surface area contributed by atoms with Crippen molar-refractivity contribution in [1.82, 2.24) is 0 Å². The van der Waals surface area contributed by atoms with Crippen LogP contribution in [0.4, 0.5) is 0 Å². The average molecular weight is 141 g/mol. The normalized spacial score (nSPS) is 11.3. The molecule has 0 aromatic heterocycles. The molecular formula is C7H11NO2. The second-order valence-corrected chi connectivity index (χ2v) is 2.24. The molecule has 0 rings (SSSR count). The molecule has 0 aliphatic rings. The SMILES string of the molecule is CC(=O)CC(C)=NC(C)=O. The number of aliphatic imine (C=N–C) groups is 1. The summed E-state index contributed by atoms with van der Waals surface area (Å²) in [6.45, 7) is 4.51. The molecule has 0 aromatic carbocycles. The van der Waals surface area contributed by atoms with Crippen molar-refractivity contribution in [3.05, 3.63) is 0 Å². The van der Waals surface area contributed by atoms with Gasteiger partial charge in [-0.25, -0.2) is 4.99 Å². The monoisotopic (exact) mass is 141 g/mol. The molecule has 0 fully saturated rings. The molecule has 3 heteroatoms. The lowest BCUT2D eigenvalue weighted by molar-refractivity contribution is -0.116. The first-order valence-electron chi connectivity index (χ1n) is 3.06. The minimum absolute atomic E-state index is 0.0301.